The van der Waals surface area contributed by atoms with Gasteiger partial charge in [-0.05, 0) is 30.9 Å². The van der Waals surface area contributed by atoms with Gasteiger partial charge in [-0.25, -0.2) is 8.42 Å². The Morgan fingerprint density at radius 2 is 2.05 bits per heavy atom. The fourth-order valence-corrected chi connectivity index (χ4v) is 4.68. The van der Waals surface area contributed by atoms with Crippen LogP contribution in [0, 0.1) is 5.92 Å². The van der Waals surface area contributed by atoms with E-state index < -0.39 is 9.84 Å². The summed E-state index contributed by atoms with van der Waals surface area (Å²) in [6, 6.07) is 10.8. The molecule has 1 aliphatic rings. The van der Waals surface area contributed by atoms with E-state index in [1.54, 1.807) is 0 Å². The van der Waals surface area contributed by atoms with Crippen molar-refractivity contribution in [3.8, 4) is 0 Å². The first-order valence-corrected chi connectivity index (χ1v) is 9.41. The van der Waals surface area contributed by atoms with Crippen LogP contribution in [0.2, 0.25) is 0 Å². The Bertz CT molecular complexity index is 498. The fourth-order valence-electron chi connectivity index (χ4n) is 2.82. The zero-order valence-corrected chi connectivity index (χ0v) is 13.0. The molecular formula is C16H25NO2S. The van der Waals surface area contributed by atoms with Crippen LogP contribution in [0.5, 0.6) is 0 Å². The molecular weight excluding hydrogens is 270 g/mol. The van der Waals surface area contributed by atoms with Crippen LogP contribution in [0.1, 0.15) is 44.2 Å². The first kappa shape index (κ1) is 15.5. The molecule has 4 heteroatoms. The third-order valence-corrected chi connectivity index (χ3v) is 5.86. The quantitative estimate of drug-likeness (QED) is 0.841. The zero-order valence-electron chi connectivity index (χ0n) is 12.2. The number of nitrogens with one attached hydrogen (secondary N) is 1. The number of sulfone groups is 1. The molecule has 1 aliphatic heterocycles. The van der Waals surface area contributed by atoms with Crippen molar-refractivity contribution in [3.63, 3.8) is 0 Å². The molecule has 0 radical (unpaired) electrons. The van der Waals surface area contributed by atoms with Gasteiger partial charge in [0.15, 0.2) is 9.84 Å². The molecule has 3 nitrogen and oxygen atoms in total. The minimum atomic E-state index is -2.76. The second-order valence-corrected chi connectivity index (χ2v) is 8.01. The second-order valence-electron chi connectivity index (χ2n) is 5.78. The van der Waals surface area contributed by atoms with Crippen molar-refractivity contribution in [1.82, 2.24) is 5.32 Å². The fraction of sp³-hybridized carbons (Fsp3) is 0.625. The van der Waals surface area contributed by atoms with E-state index in [0.29, 0.717) is 17.5 Å². The van der Waals surface area contributed by atoms with Gasteiger partial charge in [-0.3, -0.25) is 0 Å². The Hall–Kier alpha value is -0.870. The summed E-state index contributed by atoms with van der Waals surface area (Å²) in [4.78, 5) is 0. The first-order chi connectivity index (χ1) is 9.61. The summed E-state index contributed by atoms with van der Waals surface area (Å²) in [6.45, 7) is 3.01. The maximum Gasteiger partial charge on any atom is 0.150 e. The molecule has 0 amide bonds. The van der Waals surface area contributed by atoms with Crippen molar-refractivity contribution in [1.29, 1.82) is 0 Å². The highest BCUT2D eigenvalue weighted by molar-refractivity contribution is 7.91. The van der Waals surface area contributed by atoms with Crippen LogP contribution in [0.3, 0.4) is 0 Å². The van der Waals surface area contributed by atoms with Crippen molar-refractivity contribution in [3.05, 3.63) is 35.9 Å². The predicted octanol–water partition coefficient (Wildman–Crippen LogP) is 2.94. The van der Waals surface area contributed by atoms with Gasteiger partial charge in [0.1, 0.15) is 0 Å². The van der Waals surface area contributed by atoms with Crippen LogP contribution in [0.25, 0.3) is 0 Å². The molecule has 1 aromatic rings. The molecule has 112 valence electrons. The van der Waals surface area contributed by atoms with E-state index in [2.05, 4.69) is 36.5 Å². The molecule has 1 aromatic carbocycles. The number of hydrogen-bond acceptors (Lipinski definition) is 3. The van der Waals surface area contributed by atoms with Crippen LogP contribution in [-0.2, 0) is 9.84 Å². The van der Waals surface area contributed by atoms with Crippen molar-refractivity contribution < 1.29 is 8.42 Å². The molecule has 1 N–H and O–H groups in total. The van der Waals surface area contributed by atoms with Crippen LogP contribution < -0.4 is 5.32 Å². The summed E-state index contributed by atoms with van der Waals surface area (Å²) in [6.07, 6.45) is 4.29. The van der Waals surface area contributed by atoms with Crippen LogP contribution in [0.4, 0.5) is 0 Å². The Morgan fingerprint density at radius 3 is 2.65 bits per heavy atom. The van der Waals surface area contributed by atoms with E-state index in [-0.39, 0.29) is 5.92 Å². The lowest BCUT2D eigenvalue weighted by Gasteiger charge is -2.21. The lowest BCUT2D eigenvalue weighted by atomic mass is 10.00. The van der Waals surface area contributed by atoms with Gasteiger partial charge in [0, 0.05) is 6.04 Å². The molecule has 0 saturated carbocycles. The minimum Gasteiger partial charge on any atom is -0.310 e. The van der Waals surface area contributed by atoms with Gasteiger partial charge in [-0.15, -0.1) is 0 Å². The molecule has 0 aliphatic carbocycles. The summed E-state index contributed by atoms with van der Waals surface area (Å²) >= 11 is 0. The van der Waals surface area contributed by atoms with Crippen molar-refractivity contribution in [2.24, 2.45) is 5.92 Å². The highest BCUT2D eigenvalue weighted by atomic mass is 32.2. The summed E-state index contributed by atoms with van der Waals surface area (Å²) in [5.74, 6) is 1.01. The standard InChI is InChI=1S/C16H25NO2S/c1-2-3-9-16(15-7-5-4-6-8-15)17-12-14-10-11-20(18,19)13-14/h4-8,14,16-17H,2-3,9-13H2,1H3. The first-order valence-electron chi connectivity index (χ1n) is 7.59. The maximum absolute atomic E-state index is 11.5. The summed E-state index contributed by atoms with van der Waals surface area (Å²) in [7, 11) is -2.76. The van der Waals surface area contributed by atoms with Crippen molar-refractivity contribution in [2.45, 2.75) is 38.6 Å². The molecule has 20 heavy (non-hydrogen) atoms. The van der Waals surface area contributed by atoms with Gasteiger partial charge < -0.3 is 5.32 Å². The molecule has 2 rings (SSSR count). The Labute approximate surface area is 122 Å². The van der Waals surface area contributed by atoms with Gasteiger partial charge in [-0.1, -0.05) is 50.1 Å². The van der Waals surface area contributed by atoms with Gasteiger partial charge in [-0.2, -0.15) is 0 Å². The predicted molar refractivity (Wildman–Crippen MR) is 83.5 cm³/mol. The number of hydrogen-bond donors (Lipinski definition) is 1. The van der Waals surface area contributed by atoms with Gasteiger partial charge in [0.25, 0.3) is 0 Å². The lowest BCUT2D eigenvalue weighted by molar-refractivity contribution is 0.430. The maximum atomic E-state index is 11.5. The van der Waals surface area contributed by atoms with Gasteiger partial charge in [0.05, 0.1) is 11.5 Å². The Balaban J connectivity index is 1.91. The van der Waals surface area contributed by atoms with Crippen molar-refractivity contribution in [2.75, 3.05) is 18.1 Å². The van der Waals surface area contributed by atoms with E-state index >= 15 is 0 Å². The molecule has 0 bridgehead atoms. The normalized spacial score (nSPS) is 22.8. The Morgan fingerprint density at radius 1 is 1.30 bits per heavy atom. The molecule has 1 heterocycles. The third-order valence-electron chi connectivity index (χ3n) is 4.03. The van der Waals surface area contributed by atoms with Crippen molar-refractivity contribution >= 4 is 9.84 Å². The molecule has 2 atom stereocenters. The lowest BCUT2D eigenvalue weighted by Crippen LogP contribution is -2.28. The smallest absolute Gasteiger partial charge is 0.150 e. The molecule has 2 unspecified atom stereocenters. The van der Waals surface area contributed by atoms with Gasteiger partial charge in [0.2, 0.25) is 0 Å². The molecule has 1 fully saturated rings. The van der Waals surface area contributed by atoms with E-state index in [4.69, 9.17) is 0 Å². The van der Waals surface area contributed by atoms with Crippen LogP contribution >= 0.6 is 0 Å². The van der Waals surface area contributed by atoms with Crippen LogP contribution in [0.15, 0.2) is 30.3 Å². The SMILES string of the molecule is CCCCC(NCC1CCS(=O)(=O)C1)c1ccccc1. The van der Waals surface area contributed by atoms with Gasteiger partial charge >= 0.3 is 0 Å². The van der Waals surface area contributed by atoms with E-state index in [9.17, 15) is 8.42 Å². The molecule has 0 spiro atoms. The summed E-state index contributed by atoms with van der Waals surface area (Å²) in [5.41, 5.74) is 1.31. The number of rotatable bonds is 7. The average molecular weight is 295 g/mol. The zero-order chi connectivity index (χ0) is 14.4. The third kappa shape index (κ3) is 4.60. The largest absolute Gasteiger partial charge is 0.310 e. The topological polar surface area (TPSA) is 46.2 Å². The van der Waals surface area contributed by atoms with E-state index in [1.807, 2.05) is 6.07 Å². The molecule has 0 aromatic heterocycles. The highest BCUT2D eigenvalue weighted by Gasteiger charge is 2.28. The van der Waals surface area contributed by atoms with E-state index in [1.165, 1.54) is 18.4 Å². The highest BCUT2D eigenvalue weighted by Crippen LogP contribution is 2.22. The summed E-state index contributed by atoms with van der Waals surface area (Å²) < 4.78 is 23.0. The minimum absolute atomic E-state index is 0.285. The monoisotopic (exact) mass is 295 g/mol. The number of benzene rings is 1. The Kier molecular flexibility index (Phi) is 5.61. The molecule has 1 saturated heterocycles. The number of unbranched alkanes of at least 4 members (excludes halogenated alkanes) is 1. The van der Waals surface area contributed by atoms with E-state index in [0.717, 1.165) is 19.4 Å². The average Bonchev–Trinajstić information content (AvgIpc) is 2.79. The second kappa shape index (κ2) is 7.23. The summed E-state index contributed by atoms with van der Waals surface area (Å²) in [5, 5.41) is 3.59. The van der Waals surface area contributed by atoms with Crippen LogP contribution in [-0.4, -0.2) is 26.5 Å².